The first-order chi connectivity index (χ1) is 10.2. The molecule has 1 unspecified atom stereocenters. The molecule has 0 bridgehead atoms. The van der Waals surface area contributed by atoms with E-state index in [0.717, 1.165) is 50.1 Å². The van der Waals surface area contributed by atoms with Crippen LogP contribution in [0.3, 0.4) is 0 Å². The van der Waals surface area contributed by atoms with Gasteiger partial charge < -0.3 is 21.1 Å². The maximum absolute atomic E-state index is 11.9. The van der Waals surface area contributed by atoms with Crippen molar-refractivity contribution >= 4 is 11.6 Å². The summed E-state index contributed by atoms with van der Waals surface area (Å²) in [5.74, 6) is 0.0294. The van der Waals surface area contributed by atoms with Crippen molar-refractivity contribution in [3.05, 3.63) is 29.8 Å². The Morgan fingerprint density at radius 3 is 3.10 bits per heavy atom. The number of aliphatic hydroxyl groups excluding tert-OH is 1. The Morgan fingerprint density at radius 2 is 2.33 bits per heavy atom. The molecule has 1 heterocycles. The summed E-state index contributed by atoms with van der Waals surface area (Å²) in [7, 11) is 0. The number of benzene rings is 1. The van der Waals surface area contributed by atoms with E-state index in [1.165, 1.54) is 0 Å². The van der Waals surface area contributed by atoms with Crippen LogP contribution in [0.15, 0.2) is 24.3 Å². The molecule has 1 saturated heterocycles. The number of aliphatic hydroxyl groups is 1. The van der Waals surface area contributed by atoms with Crippen molar-refractivity contribution in [3.63, 3.8) is 0 Å². The lowest BCUT2D eigenvalue weighted by Gasteiger charge is -2.29. The summed E-state index contributed by atoms with van der Waals surface area (Å²) < 4.78 is 0. The lowest BCUT2D eigenvalue weighted by atomic mass is 10.1. The van der Waals surface area contributed by atoms with E-state index >= 15 is 0 Å². The third-order valence-corrected chi connectivity index (χ3v) is 3.81. The van der Waals surface area contributed by atoms with Crippen LogP contribution in [0, 0.1) is 0 Å². The van der Waals surface area contributed by atoms with E-state index in [1.807, 2.05) is 24.3 Å². The van der Waals surface area contributed by atoms with Crippen molar-refractivity contribution in [1.29, 1.82) is 0 Å². The topological polar surface area (TPSA) is 78.6 Å². The Kier molecular flexibility index (Phi) is 6.17. The number of likely N-dealkylation sites (tertiary alicyclic amines) is 1. The van der Waals surface area contributed by atoms with Gasteiger partial charge in [0.1, 0.15) is 0 Å². The highest BCUT2D eigenvalue weighted by molar-refractivity contribution is 5.90. The van der Waals surface area contributed by atoms with Gasteiger partial charge in [0.2, 0.25) is 5.91 Å². The second-order valence-corrected chi connectivity index (χ2v) is 5.65. The van der Waals surface area contributed by atoms with Crippen LogP contribution >= 0.6 is 0 Å². The minimum atomic E-state index is -0.202. The molecule has 4 N–H and O–H groups in total. The number of hydrogen-bond acceptors (Lipinski definition) is 4. The molecule has 1 amide bonds. The molecule has 116 valence electrons. The fourth-order valence-electron chi connectivity index (χ4n) is 2.70. The van der Waals surface area contributed by atoms with Crippen LogP contribution in [0.1, 0.15) is 31.2 Å². The molecule has 1 aromatic rings. The van der Waals surface area contributed by atoms with Gasteiger partial charge in [-0.25, -0.2) is 0 Å². The van der Waals surface area contributed by atoms with Gasteiger partial charge in [-0.2, -0.15) is 0 Å². The van der Waals surface area contributed by atoms with Gasteiger partial charge in [0.05, 0.1) is 6.10 Å². The Balaban J connectivity index is 1.69. The smallest absolute Gasteiger partial charge is 0.224 e. The summed E-state index contributed by atoms with van der Waals surface area (Å²) in [4.78, 5) is 14.1. The summed E-state index contributed by atoms with van der Waals surface area (Å²) in [5, 5.41) is 12.5. The predicted octanol–water partition coefficient (Wildman–Crippen LogP) is 1.32. The molecule has 1 atom stereocenters. The van der Waals surface area contributed by atoms with Crippen LogP contribution in [-0.2, 0) is 11.3 Å². The monoisotopic (exact) mass is 291 g/mol. The number of rotatable bonds is 6. The Labute approximate surface area is 126 Å². The van der Waals surface area contributed by atoms with Crippen molar-refractivity contribution < 1.29 is 9.90 Å². The van der Waals surface area contributed by atoms with E-state index in [2.05, 4.69) is 10.2 Å². The Morgan fingerprint density at radius 1 is 1.48 bits per heavy atom. The van der Waals surface area contributed by atoms with E-state index in [4.69, 9.17) is 5.73 Å². The van der Waals surface area contributed by atoms with Gasteiger partial charge in [-0.3, -0.25) is 4.79 Å². The van der Waals surface area contributed by atoms with E-state index < -0.39 is 0 Å². The van der Waals surface area contributed by atoms with Crippen molar-refractivity contribution in [2.75, 3.05) is 25.0 Å². The molecule has 0 aromatic heterocycles. The molecule has 1 aliphatic rings. The van der Waals surface area contributed by atoms with Crippen LogP contribution in [0.25, 0.3) is 0 Å². The van der Waals surface area contributed by atoms with Crippen LogP contribution in [0.2, 0.25) is 0 Å². The quantitative estimate of drug-likeness (QED) is 0.738. The number of nitrogens with zero attached hydrogens (tertiary/aromatic N) is 1. The molecular weight excluding hydrogens is 266 g/mol. The highest BCUT2D eigenvalue weighted by Gasteiger charge is 2.17. The van der Waals surface area contributed by atoms with Crippen molar-refractivity contribution in [2.24, 2.45) is 5.73 Å². The summed E-state index contributed by atoms with van der Waals surface area (Å²) in [5.41, 5.74) is 7.40. The molecule has 21 heavy (non-hydrogen) atoms. The zero-order valence-corrected chi connectivity index (χ0v) is 12.4. The van der Waals surface area contributed by atoms with E-state index in [-0.39, 0.29) is 12.0 Å². The standard InChI is InChI=1S/C16H25N3O2/c17-11-13-4-1-5-14(10-13)18-16(21)7-3-9-19-8-2-6-15(20)12-19/h1,4-5,10,15,20H,2-3,6-9,11-12,17H2,(H,18,21). The number of hydrogen-bond donors (Lipinski definition) is 3. The first-order valence-corrected chi connectivity index (χ1v) is 7.66. The first kappa shape index (κ1) is 15.9. The predicted molar refractivity (Wildman–Crippen MR) is 83.9 cm³/mol. The third-order valence-electron chi connectivity index (χ3n) is 3.81. The third kappa shape index (κ3) is 5.46. The molecule has 1 fully saturated rings. The van der Waals surface area contributed by atoms with Crippen LogP contribution in [0.5, 0.6) is 0 Å². The van der Waals surface area contributed by atoms with Gasteiger partial charge >= 0.3 is 0 Å². The summed E-state index contributed by atoms with van der Waals surface area (Å²) in [6.45, 7) is 3.10. The van der Waals surface area contributed by atoms with Gasteiger partial charge in [0, 0.05) is 25.2 Å². The number of carbonyl (C=O) groups is 1. The van der Waals surface area contributed by atoms with Crippen LogP contribution in [0.4, 0.5) is 5.69 Å². The van der Waals surface area contributed by atoms with Crippen molar-refractivity contribution in [2.45, 2.75) is 38.3 Å². The molecule has 2 rings (SSSR count). The van der Waals surface area contributed by atoms with Crippen LogP contribution < -0.4 is 11.1 Å². The fourth-order valence-corrected chi connectivity index (χ4v) is 2.70. The summed E-state index contributed by atoms with van der Waals surface area (Å²) >= 11 is 0. The molecule has 0 aliphatic carbocycles. The van der Waals surface area contributed by atoms with Gasteiger partial charge in [-0.15, -0.1) is 0 Å². The van der Waals surface area contributed by atoms with E-state index in [0.29, 0.717) is 13.0 Å². The molecule has 0 saturated carbocycles. The normalized spacial score (nSPS) is 19.4. The minimum absolute atomic E-state index is 0.0294. The second kappa shape index (κ2) is 8.12. The van der Waals surface area contributed by atoms with Gasteiger partial charge in [0.25, 0.3) is 0 Å². The Hall–Kier alpha value is -1.43. The first-order valence-electron chi connectivity index (χ1n) is 7.66. The molecule has 0 spiro atoms. The number of anilines is 1. The SMILES string of the molecule is NCc1cccc(NC(=O)CCCN2CCCC(O)C2)c1. The molecular formula is C16H25N3O2. The highest BCUT2D eigenvalue weighted by atomic mass is 16.3. The number of nitrogens with two attached hydrogens (primary N) is 1. The number of nitrogens with one attached hydrogen (secondary N) is 1. The molecule has 1 aromatic carbocycles. The van der Waals surface area contributed by atoms with Crippen LogP contribution in [-0.4, -0.2) is 41.7 Å². The number of β-amino-alcohol motifs (C(OH)–C–C–N with tert-alkyl or cyclic N) is 1. The zero-order chi connectivity index (χ0) is 15.1. The summed E-state index contributed by atoms with van der Waals surface area (Å²) in [6, 6.07) is 7.61. The Bertz CT molecular complexity index is 465. The number of amides is 1. The largest absolute Gasteiger partial charge is 0.392 e. The molecule has 5 nitrogen and oxygen atoms in total. The van der Waals surface area contributed by atoms with Gasteiger partial charge in [-0.05, 0) is 50.0 Å². The molecule has 0 radical (unpaired) electrons. The zero-order valence-electron chi connectivity index (χ0n) is 12.4. The van der Waals surface area contributed by atoms with Gasteiger partial charge in [-0.1, -0.05) is 12.1 Å². The summed E-state index contributed by atoms with van der Waals surface area (Å²) in [6.07, 6.45) is 3.05. The molecule has 5 heteroatoms. The number of piperidine rings is 1. The molecule has 1 aliphatic heterocycles. The average molecular weight is 291 g/mol. The van der Waals surface area contributed by atoms with E-state index in [9.17, 15) is 9.90 Å². The lowest BCUT2D eigenvalue weighted by Crippen LogP contribution is -2.38. The fraction of sp³-hybridized carbons (Fsp3) is 0.562. The number of carbonyl (C=O) groups excluding carboxylic acids is 1. The average Bonchev–Trinajstić information content (AvgIpc) is 2.47. The second-order valence-electron chi connectivity index (χ2n) is 5.65. The van der Waals surface area contributed by atoms with Crippen molar-refractivity contribution in [3.8, 4) is 0 Å². The maximum Gasteiger partial charge on any atom is 0.224 e. The van der Waals surface area contributed by atoms with Gasteiger partial charge in [0.15, 0.2) is 0 Å². The minimum Gasteiger partial charge on any atom is -0.392 e. The van der Waals surface area contributed by atoms with Crippen molar-refractivity contribution in [1.82, 2.24) is 4.90 Å². The van der Waals surface area contributed by atoms with E-state index in [1.54, 1.807) is 0 Å². The lowest BCUT2D eigenvalue weighted by molar-refractivity contribution is -0.116. The highest BCUT2D eigenvalue weighted by Crippen LogP contribution is 2.12. The maximum atomic E-state index is 11.9.